The highest BCUT2D eigenvalue weighted by Crippen LogP contribution is 2.33. The fraction of sp³-hybridized carbons (Fsp3) is 0.455. The van der Waals surface area contributed by atoms with Gasteiger partial charge in [-0.2, -0.15) is 13.2 Å². The second kappa shape index (κ2) is 5.75. The lowest BCUT2D eigenvalue weighted by atomic mass is 10.3. The number of nitrogens with zero attached hydrogens (tertiary/aromatic N) is 3. The molecule has 0 aromatic carbocycles. The Bertz CT molecular complexity index is 473. The number of alkyl halides is 3. The van der Waals surface area contributed by atoms with Crippen LogP contribution in [0.15, 0.2) is 17.3 Å². The maximum atomic E-state index is 12.4. The number of halogens is 4. The van der Waals surface area contributed by atoms with Crippen LogP contribution in [-0.2, 0) is 10.9 Å². The molecule has 0 aliphatic carbocycles. The first kappa shape index (κ1) is 14.1. The standard InChI is InChI=1S/C11H11ClF3N3O/c12-9-5-8(11(13,14)15)6-16-10(9)17-7-18-1-3-19-4-2-18/h5-7H,1-4H2/b17-7+. The third kappa shape index (κ3) is 3.81. The van der Waals surface area contributed by atoms with E-state index < -0.39 is 11.7 Å². The topological polar surface area (TPSA) is 37.7 Å². The molecule has 0 atom stereocenters. The lowest BCUT2D eigenvalue weighted by molar-refractivity contribution is -0.137. The van der Waals surface area contributed by atoms with Crippen molar-refractivity contribution in [1.82, 2.24) is 9.88 Å². The molecule has 0 radical (unpaired) electrons. The minimum absolute atomic E-state index is 0.0705. The van der Waals surface area contributed by atoms with Gasteiger partial charge in [0.15, 0.2) is 5.82 Å². The molecule has 19 heavy (non-hydrogen) atoms. The first-order chi connectivity index (χ1) is 8.97. The van der Waals surface area contributed by atoms with Gasteiger partial charge in [0.25, 0.3) is 0 Å². The zero-order valence-electron chi connectivity index (χ0n) is 9.82. The number of hydrogen-bond acceptors (Lipinski definition) is 3. The van der Waals surface area contributed by atoms with Crippen LogP contribution in [0, 0.1) is 0 Å². The van der Waals surface area contributed by atoms with Crippen molar-refractivity contribution in [2.75, 3.05) is 26.3 Å². The van der Waals surface area contributed by atoms with E-state index in [-0.39, 0.29) is 10.8 Å². The summed E-state index contributed by atoms with van der Waals surface area (Å²) in [5, 5.41) is -0.126. The van der Waals surface area contributed by atoms with E-state index in [0.717, 1.165) is 12.3 Å². The van der Waals surface area contributed by atoms with Crippen molar-refractivity contribution in [1.29, 1.82) is 0 Å². The van der Waals surface area contributed by atoms with Crippen molar-refractivity contribution < 1.29 is 17.9 Å². The molecule has 1 aliphatic heterocycles. The average molecular weight is 294 g/mol. The van der Waals surface area contributed by atoms with Gasteiger partial charge in [0, 0.05) is 19.3 Å². The minimum Gasteiger partial charge on any atom is -0.378 e. The van der Waals surface area contributed by atoms with E-state index in [1.165, 1.54) is 6.34 Å². The van der Waals surface area contributed by atoms with E-state index in [4.69, 9.17) is 16.3 Å². The molecule has 1 saturated heterocycles. The number of aromatic nitrogens is 1. The van der Waals surface area contributed by atoms with Crippen LogP contribution in [-0.4, -0.2) is 42.5 Å². The van der Waals surface area contributed by atoms with Gasteiger partial charge in [-0.1, -0.05) is 11.6 Å². The highest BCUT2D eigenvalue weighted by atomic mass is 35.5. The summed E-state index contributed by atoms with van der Waals surface area (Å²) in [4.78, 5) is 9.50. The Labute approximate surface area is 112 Å². The van der Waals surface area contributed by atoms with E-state index in [2.05, 4.69) is 9.98 Å². The molecule has 1 aliphatic rings. The van der Waals surface area contributed by atoms with Gasteiger partial charge < -0.3 is 9.64 Å². The van der Waals surface area contributed by atoms with Crippen molar-refractivity contribution in [3.8, 4) is 0 Å². The molecular formula is C11H11ClF3N3O. The lowest BCUT2D eigenvalue weighted by Crippen LogP contribution is -2.35. The van der Waals surface area contributed by atoms with Gasteiger partial charge in [-0.3, -0.25) is 0 Å². The third-order valence-electron chi connectivity index (χ3n) is 2.54. The van der Waals surface area contributed by atoms with Gasteiger partial charge in [0.2, 0.25) is 0 Å². The monoisotopic (exact) mass is 293 g/mol. The second-order valence-corrected chi connectivity index (χ2v) is 4.33. The lowest BCUT2D eigenvalue weighted by Gasteiger charge is -2.24. The Kier molecular flexibility index (Phi) is 4.26. The third-order valence-corrected chi connectivity index (χ3v) is 2.82. The molecule has 0 amide bonds. The minimum atomic E-state index is -4.46. The van der Waals surface area contributed by atoms with Gasteiger partial charge in [-0.25, -0.2) is 9.98 Å². The molecule has 4 nitrogen and oxygen atoms in total. The van der Waals surface area contributed by atoms with Crippen LogP contribution in [0.3, 0.4) is 0 Å². The molecule has 1 aromatic heterocycles. The molecular weight excluding hydrogens is 283 g/mol. The molecule has 0 spiro atoms. The number of morpholine rings is 1. The van der Waals surface area contributed by atoms with E-state index in [9.17, 15) is 13.2 Å². The first-order valence-corrected chi connectivity index (χ1v) is 5.93. The zero-order chi connectivity index (χ0) is 13.9. The van der Waals surface area contributed by atoms with Crippen molar-refractivity contribution in [3.63, 3.8) is 0 Å². The van der Waals surface area contributed by atoms with E-state index >= 15 is 0 Å². The van der Waals surface area contributed by atoms with Gasteiger partial charge in [-0.15, -0.1) is 0 Å². The molecule has 8 heteroatoms. The number of pyridine rings is 1. The summed E-state index contributed by atoms with van der Waals surface area (Å²) in [6.45, 7) is 2.56. The number of ether oxygens (including phenoxy) is 1. The maximum Gasteiger partial charge on any atom is 0.417 e. The summed E-state index contributed by atoms with van der Waals surface area (Å²) in [6.07, 6.45) is -2.22. The largest absolute Gasteiger partial charge is 0.417 e. The van der Waals surface area contributed by atoms with Crippen LogP contribution in [0.1, 0.15) is 5.56 Å². The van der Waals surface area contributed by atoms with Crippen LogP contribution in [0.25, 0.3) is 0 Å². The van der Waals surface area contributed by atoms with Gasteiger partial charge in [0.05, 0.1) is 30.1 Å². The van der Waals surface area contributed by atoms with Crippen LogP contribution < -0.4 is 0 Å². The smallest absolute Gasteiger partial charge is 0.378 e. The van der Waals surface area contributed by atoms with Gasteiger partial charge in [0.1, 0.15) is 0 Å². The Balaban J connectivity index is 2.10. The molecule has 0 saturated carbocycles. The summed E-state index contributed by atoms with van der Waals surface area (Å²) in [5.41, 5.74) is -0.886. The normalized spacial score (nSPS) is 17.2. The van der Waals surface area contributed by atoms with Crippen LogP contribution >= 0.6 is 11.6 Å². The number of aliphatic imine (C=N–C) groups is 1. The maximum absolute atomic E-state index is 12.4. The molecule has 104 valence electrons. The second-order valence-electron chi connectivity index (χ2n) is 3.92. The summed E-state index contributed by atoms with van der Waals surface area (Å²) >= 11 is 5.73. The van der Waals surface area contributed by atoms with Crippen LogP contribution in [0.4, 0.5) is 19.0 Å². The Morgan fingerprint density at radius 1 is 1.37 bits per heavy atom. The fourth-order valence-corrected chi connectivity index (χ4v) is 1.73. The van der Waals surface area contributed by atoms with Gasteiger partial charge in [-0.05, 0) is 6.07 Å². The SMILES string of the molecule is FC(F)(F)c1cnc(/N=C/N2CCOCC2)c(Cl)c1. The van der Waals surface area contributed by atoms with Crippen molar-refractivity contribution >= 4 is 23.8 Å². The van der Waals surface area contributed by atoms with Crippen LogP contribution in [0.2, 0.25) is 5.02 Å². The molecule has 0 bridgehead atoms. The van der Waals surface area contributed by atoms with E-state index in [1.54, 1.807) is 0 Å². The number of hydrogen-bond donors (Lipinski definition) is 0. The fourth-order valence-electron chi connectivity index (χ4n) is 1.51. The number of rotatable bonds is 2. The molecule has 1 fully saturated rings. The summed E-state index contributed by atoms with van der Waals surface area (Å²) in [5.74, 6) is 0.0705. The van der Waals surface area contributed by atoms with Crippen molar-refractivity contribution in [2.24, 2.45) is 4.99 Å². The Morgan fingerprint density at radius 3 is 2.63 bits per heavy atom. The predicted molar refractivity (Wildman–Crippen MR) is 64.8 cm³/mol. The molecule has 0 unspecified atom stereocenters. The Morgan fingerprint density at radius 2 is 2.05 bits per heavy atom. The van der Waals surface area contributed by atoms with Gasteiger partial charge >= 0.3 is 6.18 Å². The highest BCUT2D eigenvalue weighted by Gasteiger charge is 2.31. The zero-order valence-corrected chi connectivity index (χ0v) is 10.6. The molecule has 1 aromatic rings. The van der Waals surface area contributed by atoms with Crippen LogP contribution in [0.5, 0.6) is 0 Å². The van der Waals surface area contributed by atoms with E-state index in [0.29, 0.717) is 26.3 Å². The first-order valence-electron chi connectivity index (χ1n) is 5.55. The molecule has 0 N–H and O–H groups in total. The highest BCUT2D eigenvalue weighted by molar-refractivity contribution is 6.32. The summed E-state index contributed by atoms with van der Waals surface area (Å²) in [7, 11) is 0. The molecule has 2 rings (SSSR count). The average Bonchev–Trinajstić information content (AvgIpc) is 2.37. The predicted octanol–water partition coefficient (Wildman–Crippen LogP) is 2.75. The summed E-state index contributed by atoms with van der Waals surface area (Å²) < 4.78 is 42.4. The quantitative estimate of drug-likeness (QED) is 0.621. The van der Waals surface area contributed by atoms with Crippen molar-refractivity contribution in [3.05, 3.63) is 22.8 Å². The summed E-state index contributed by atoms with van der Waals surface area (Å²) in [6, 6.07) is 0.820. The van der Waals surface area contributed by atoms with E-state index in [1.807, 2.05) is 4.90 Å². The molecule has 2 heterocycles. The van der Waals surface area contributed by atoms with Crippen molar-refractivity contribution in [2.45, 2.75) is 6.18 Å². The Hall–Kier alpha value is -1.34.